The molecule has 21 heavy (non-hydrogen) atoms. The number of nitrogens with zero attached hydrogens (tertiary/aromatic N) is 2. The fraction of sp³-hybridized carbons (Fsp3) is 0.400. The van der Waals surface area contributed by atoms with Crippen LogP contribution in [0.1, 0.15) is 38.2 Å². The average molecular weight is 309 g/mol. The Morgan fingerprint density at radius 2 is 2.14 bits per heavy atom. The van der Waals surface area contributed by atoms with Crippen LogP contribution in [0.25, 0.3) is 0 Å². The quantitative estimate of drug-likeness (QED) is 0.466. The van der Waals surface area contributed by atoms with Crippen LogP contribution in [-0.4, -0.2) is 10.5 Å². The third kappa shape index (κ3) is 2.40. The van der Waals surface area contributed by atoms with Gasteiger partial charge in [0.15, 0.2) is 0 Å². The lowest BCUT2D eigenvalue weighted by Gasteiger charge is -2.33. The molecule has 1 aromatic rings. The molecular weight excluding hydrogens is 295 g/mol. The van der Waals surface area contributed by atoms with Gasteiger partial charge in [0.1, 0.15) is 11.9 Å². The summed E-state index contributed by atoms with van der Waals surface area (Å²) in [6.45, 7) is 3.61. The van der Waals surface area contributed by atoms with Gasteiger partial charge in [0, 0.05) is 15.5 Å². The van der Waals surface area contributed by atoms with Crippen LogP contribution < -0.4 is 0 Å². The third-order valence-electron chi connectivity index (χ3n) is 4.22. The van der Waals surface area contributed by atoms with Crippen molar-refractivity contribution >= 4 is 11.6 Å². The molecule has 2 atom stereocenters. The molecule has 0 unspecified atom stereocenters. The van der Waals surface area contributed by atoms with E-state index < -0.39 is 22.2 Å². The average Bonchev–Trinajstić information content (AvgIpc) is 2.42. The standard InChI is InChI=1S/C15H14ClFN2O2/c1-9-6-11(14-12(16)4-3-5-13(14)17)15(8-18,19(20)21)7-10(9)2/h3-5,11H,6-7H2,1-2H3/t11-,15-/m1/s1. The maximum absolute atomic E-state index is 14.2. The number of nitriles is 1. The molecule has 0 bridgehead atoms. The number of hydrogen-bond acceptors (Lipinski definition) is 3. The highest BCUT2D eigenvalue weighted by atomic mass is 35.5. The van der Waals surface area contributed by atoms with Crippen LogP contribution in [0.15, 0.2) is 29.3 Å². The van der Waals surface area contributed by atoms with E-state index >= 15 is 0 Å². The number of nitro groups is 1. The first-order valence-corrected chi connectivity index (χ1v) is 6.86. The van der Waals surface area contributed by atoms with Gasteiger partial charge in [-0.1, -0.05) is 28.8 Å². The number of benzene rings is 1. The zero-order valence-corrected chi connectivity index (χ0v) is 12.4. The smallest absolute Gasteiger partial charge is 0.263 e. The first kappa shape index (κ1) is 15.5. The maximum Gasteiger partial charge on any atom is 0.316 e. The summed E-state index contributed by atoms with van der Waals surface area (Å²) in [7, 11) is 0. The van der Waals surface area contributed by atoms with Gasteiger partial charge in [0.2, 0.25) is 0 Å². The molecule has 6 heteroatoms. The summed E-state index contributed by atoms with van der Waals surface area (Å²) in [6, 6.07) is 5.96. The van der Waals surface area contributed by atoms with Gasteiger partial charge in [-0.3, -0.25) is 10.1 Å². The van der Waals surface area contributed by atoms with Crippen LogP contribution in [0.5, 0.6) is 0 Å². The Bertz CT molecular complexity index is 660. The van der Waals surface area contributed by atoms with Crippen LogP contribution in [0.3, 0.4) is 0 Å². The predicted octanol–water partition coefficient (Wildman–Crippen LogP) is 4.23. The second kappa shape index (κ2) is 5.45. The lowest BCUT2D eigenvalue weighted by molar-refractivity contribution is -0.557. The molecule has 0 radical (unpaired) electrons. The lowest BCUT2D eigenvalue weighted by atomic mass is 9.69. The van der Waals surface area contributed by atoms with Crippen molar-refractivity contribution in [3.63, 3.8) is 0 Å². The summed E-state index contributed by atoms with van der Waals surface area (Å²) >= 11 is 6.05. The zero-order valence-electron chi connectivity index (χ0n) is 11.7. The van der Waals surface area contributed by atoms with Crippen LogP contribution >= 0.6 is 11.6 Å². The van der Waals surface area contributed by atoms with E-state index in [1.54, 1.807) is 6.92 Å². The van der Waals surface area contributed by atoms with Gasteiger partial charge < -0.3 is 0 Å². The minimum atomic E-state index is -1.88. The highest BCUT2D eigenvalue weighted by Crippen LogP contribution is 2.47. The van der Waals surface area contributed by atoms with E-state index in [1.807, 2.05) is 13.0 Å². The zero-order chi connectivity index (χ0) is 15.8. The van der Waals surface area contributed by atoms with Gasteiger partial charge >= 0.3 is 5.54 Å². The van der Waals surface area contributed by atoms with Crippen molar-refractivity contribution in [2.75, 3.05) is 0 Å². The minimum Gasteiger partial charge on any atom is -0.263 e. The van der Waals surface area contributed by atoms with Gasteiger partial charge in [0.25, 0.3) is 0 Å². The fourth-order valence-electron chi connectivity index (χ4n) is 2.86. The molecule has 0 saturated heterocycles. The predicted molar refractivity (Wildman–Crippen MR) is 77.1 cm³/mol. The van der Waals surface area contributed by atoms with Crippen molar-refractivity contribution in [1.29, 1.82) is 5.26 Å². The Kier molecular flexibility index (Phi) is 4.02. The van der Waals surface area contributed by atoms with E-state index in [1.165, 1.54) is 18.2 Å². The Hall–Kier alpha value is -1.93. The molecule has 0 fully saturated rings. The molecule has 4 nitrogen and oxygen atoms in total. The van der Waals surface area contributed by atoms with Crippen LogP contribution in [0.2, 0.25) is 5.02 Å². The van der Waals surface area contributed by atoms with Crippen molar-refractivity contribution in [3.8, 4) is 6.07 Å². The number of hydrogen-bond donors (Lipinski definition) is 0. The minimum absolute atomic E-state index is 0.0162. The molecule has 2 rings (SSSR count). The molecule has 110 valence electrons. The van der Waals surface area contributed by atoms with Crippen LogP contribution in [0, 0.1) is 27.3 Å². The largest absolute Gasteiger partial charge is 0.316 e. The van der Waals surface area contributed by atoms with Crippen molar-refractivity contribution in [1.82, 2.24) is 0 Å². The Labute approximate surface area is 127 Å². The summed E-state index contributed by atoms with van der Waals surface area (Å²) in [4.78, 5) is 11.0. The number of allylic oxidation sites excluding steroid dienone is 1. The molecule has 1 aromatic carbocycles. The fourth-order valence-corrected chi connectivity index (χ4v) is 3.16. The van der Waals surface area contributed by atoms with Gasteiger partial charge in [-0.15, -0.1) is 0 Å². The van der Waals surface area contributed by atoms with E-state index in [0.717, 1.165) is 11.1 Å². The second-order valence-corrected chi connectivity index (χ2v) is 5.83. The van der Waals surface area contributed by atoms with Gasteiger partial charge in [0.05, 0.1) is 12.3 Å². The first-order valence-electron chi connectivity index (χ1n) is 6.48. The van der Waals surface area contributed by atoms with E-state index in [2.05, 4.69) is 0 Å². The summed E-state index contributed by atoms with van der Waals surface area (Å²) in [5.74, 6) is -1.50. The molecule has 0 aromatic heterocycles. The topological polar surface area (TPSA) is 66.9 Å². The molecule has 0 saturated carbocycles. The monoisotopic (exact) mass is 308 g/mol. The molecule has 1 aliphatic carbocycles. The number of halogens is 2. The molecular formula is C15H14ClFN2O2. The maximum atomic E-state index is 14.2. The molecule has 0 amide bonds. The van der Waals surface area contributed by atoms with E-state index in [-0.39, 0.29) is 23.4 Å². The molecule has 1 aliphatic rings. The van der Waals surface area contributed by atoms with Crippen molar-refractivity contribution in [2.24, 2.45) is 0 Å². The molecule has 0 spiro atoms. The Balaban J connectivity index is 2.70. The van der Waals surface area contributed by atoms with Crippen LogP contribution in [0.4, 0.5) is 4.39 Å². The first-order chi connectivity index (χ1) is 9.83. The van der Waals surface area contributed by atoms with Crippen LogP contribution in [-0.2, 0) is 0 Å². The van der Waals surface area contributed by atoms with E-state index in [4.69, 9.17) is 11.6 Å². The summed E-state index contributed by atoms with van der Waals surface area (Å²) in [5, 5.41) is 21.1. The van der Waals surface area contributed by atoms with Gasteiger partial charge in [-0.05, 0) is 32.4 Å². The van der Waals surface area contributed by atoms with E-state index in [0.29, 0.717) is 0 Å². The van der Waals surface area contributed by atoms with Crippen molar-refractivity contribution in [3.05, 3.63) is 55.9 Å². The lowest BCUT2D eigenvalue weighted by Crippen LogP contribution is -2.46. The molecule has 0 aliphatic heterocycles. The Morgan fingerprint density at radius 1 is 1.48 bits per heavy atom. The molecule has 0 heterocycles. The van der Waals surface area contributed by atoms with Gasteiger partial charge in [-0.2, -0.15) is 5.26 Å². The Morgan fingerprint density at radius 3 is 2.67 bits per heavy atom. The van der Waals surface area contributed by atoms with E-state index in [9.17, 15) is 19.8 Å². The molecule has 0 N–H and O–H groups in total. The highest BCUT2D eigenvalue weighted by Gasteiger charge is 2.55. The summed E-state index contributed by atoms with van der Waals surface area (Å²) in [5.41, 5.74) is -0.0802. The second-order valence-electron chi connectivity index (χ2n) is 5.42. The van der Waals surface area contributed by atoms with Crippen molar-refractivity contribution in [2.45, 2.75) is 38.1 Å². The number of rotatable bonds is 2. The summed E-state index contributed by atoms with van der Waals surface area (Å²) < 4.78 is 14.2. The van der Waals surface area contributed by atoms with Gasteiger partial charge in [-0.25, -0.2) is 4.39 Å². The SMILES string of the molecule is CC1=C(C)C[C@](C#N)([N+](=O)[O-])[C@@H](c2c(F)cccc2Cl)C1. The summed E-state index contributed by atoms with van der Waals surface area (Å²) in [6.07, 6.45) is 0.235. The highest BCUT2D eigenvalue weighted by molar-refractivity contribution is 6.31. The van der Waals surface area contributed by atoms with Crippen molar-refractivity contribution < 1.29 is 9.31 Å². The normalized spacial score (nSPS) is 25.6. The third-order valence-corrected chi connectivity index (χ3v) is 4.55.